The molecule has 1 aromatic carbocycles. The van der Waals surface area contributed by atoms with Gasteiger partial charge in [-0.05, 0) is 37.1 Å². The summed E-state index contributed by atoms with van der Waals surface area (Å²) < 4.78 is 11.0. The van der Waals surface area contributed by atoms with Crippen LogP contribution in [-0.2, 0) is 9.47 Å². The molecular weight excluding hydrogens is 262 g/mol. The van der Waals surface area contributed by atoms with Crippen LogP contribution in [0.15, 0.2) is 24.3 Å². The zero-order valence-corrected chi connectivity index (χ0v) is 12.6. The van der Waals surface area contributed by atoms with Gasteiger partial charge in [-0.1, -0.05) is 30.7 Å². The lowest BCUT2D eigenvalue weighted by Crippen LogP contribution is -2.24. The third kappa shape index (κ3) is 6.92. The Morgan fingerprint density at radius 1 is 1.32 bits per heavy atom. The Bertz CT molecular complexity index is 347. The molecule has 0 fully saturated rings. The van der Waals surface area contributed by atoms with E-state index in [1.54, 1.807) is 7.11 Å². The minimum Gasteiger partial charge on any atom is -0.385 e. The predicted molar refractivity (Wildman–Crippen MR) is 79.8 cm³/mol. The quantitative estimate of drug-likeness (QED) is 0.668. The molecule has 0 aliphatic heterocycles. The molecule has 0 saturated carbocycles. The van der Waals surface area contributed by atoms with Gasteiger partial charge in [-0.2, -0.15) is 0 Å². The van der Waals surface area contributed by atoms with Crippen LogP contribution in [0, 0.1) is 0 Å². The fraction of sp³-hybridized carbons (Fsp3) is 0.600. The largest absolute Gasteiger partial charge is 0.385 e. The van der Waals surface area contributed by atoms with E-state index in [1.807, 2.05) is 18.2 Å². The summed E-state index contributed by atoms with van der Waals surface area (Å²) in [7, 11) is 1.71. The molecule has 0 aliphatic carbocycles. The van der Waals surface area contributed by atoms with E-state index in [4.69, 9.17) is 21.1 Å². The first kappa shape index (κ1) is 16.4. The number of benzene rings is 1. The van der Waals surface area contributed by atoms with Gasteiger partial charge < -0.3 is 14.8 Å². The van der Waals surface area contributed by atoms with E-state index >= 15 is 0 Å². The molecular formula is C15H24ClNO2. The lowest BCUT2D eigenvalue weighted by atomic mass is 10.1. The van der Waals surface area contributed by atoms with Crippen LogP contribution in [-0.4, -0.2) is 33.4 Å². The SMILES string of the molecule is CCCNCC(OCCCOC)c1cccc(Cl)c1. The van der Waals surface area contributed by atoms with Crippen molar-refractivity contribution in [1.82, 2.24) is 5.32 Å². The topological polar surface area (TPSA) is 30.5 Å². The van der Waals surface area contributed by atoms with Crippen LogP contribution in [0.5, 0.6) is 0 Å². The zero-order chi connectivity index (χ0) is 13.9. The molecule has 0 radical (unpaired) electrons. The Labute approximate surface area is 121 Å². The van der Waals surface area contributed by atoms with E-state index in [1.165, 1.54) is 0 Å². The zero-order valence-electron chi connectivity index (χ0n) is 11.8. The fourth-order valence-corrected chi connectivity index (χ4v) is 2.02. The molecule has 0 aromatic heterocycles. The predicted octanol–water partition coefficient (Wildman–Crippen LogP) is 3.43. The maximum atomic E-state index is 6.04. The number of halogens is 1. The molecule has 0 aliphatic rings. The van der Waals surface area contributed by atoms with Gasteiger partial charge in [0.25, 0.3) is 0 Å². The molecule has 0 saturated heterocycles. The van der Waals surface area contributed by atoms with Crippen LogP contribution in [0.4, 0.5) is 0 Å². The number of hydrogen-bond acceptors (Lipinski definition) is 3. The minimum atomic E-state index is 0.0436. The lowest BCUT2D eigenvalue weighted by Gasteiger charge is -2.19. The van der Waals surface area contributed by atoms with Gasteiger partial charge in [0.05, 0.1) is 6.10 Å². The number of methoxy groups -OCH3 is 1. The molecule has 3 nitrogen and oxygen atoms in total. The first-order valence-corrected chi connectivity index (χ1v) is 7.22. The van der Waals surface area contributed by atoms with Gasteiger partial charge in [-0.15, -0.1) is 0 Å². The van der Waals surface area contributed by atoms with E-state index in [2.05, 4.69) is 18.3 Å². The van der Waals surface area contributed by atoms with Crippen molar-refractivity contribution in [3.8, 4) is 0 Å². The van der Waals surface area contributed by atoms with E-state index < -0.39 is 0 Å². The molecule has 1 rings (SSSR count). The van der Waals surface area contributed by atoms with Gasteiger partial charge in [-0.25, -0.2) is 0 Å². The van der Waals surface area contributed by atoms with Crippen LogP contribution in [0.25, 0.3) is 0 Å². The highest BCUT2D eigenvalue weighted by Crippen LogP contribution is 2.20. The third-order valence-corrected chi connectivity index (χ3v) is 3.02. The van der Waals surface area contributed by atoms with Gasteiger partial charge >= 0.3 is 0 Å². The molecule has 19 heavy (non-hydrogen) atoms. The van der Waals surface area contributed by atoms with E-state index in [0.717, 1.165) is 43.1 Å². The van der Waals surface area contributed by atoms with E-state index in [-0.39, 0.29) is 6.10 Å². The van der Waals surface area contributed by atoms with Crippen molar-refractivity contribution >= 4 is 11.6 Å². The summed E-state index contributed by atoms with van der Waals surface area (Å²) >= 11 is 6.04. The molecule has 1 atom stereocenters. The van der Waals surface area contributed by atoms with Crippen molar-refractivity contribution in [2.75, 3.05) is 33.4 Å². The first-order chi connectivity index (χ1) is 9.27. The molecule has 0 amide bonds. The highest BCUT2D eigenvalue weighted by molar-refractivity contribution is 6.30. The second-order valence-electron chi connectivity index (χ2n) is 4.46. The maximum absolute atomic E-state index is 6.04. The molecule has 1 unspecified atom stereocenters. The smallest absolute Gasteiger partial charge is 0.0949 e. The van der Waals surface area contributed by atoms with Crippen LogP contribution in [0.3, 0.4) is 0 Å². The van der Waals surface area contributed by atoms with Gasteiger partial charge in [0, 0.05) is 31.9 Å². The summed E-state index contributed by atoms with van der Waals surface area (Å²) in [6.07, 6.45) is 2.06. The first-order valence-electron chi connectivity index (χ1n) is 6.84. The summed E-state index contributed by atoms with van der Waals surface area (Å²) in [5.41, 5.74) is 1.12. The standard InChI is InChI=1S/C15H24ClNO2/c1-3-8-17-12-15(19-10-5-9-18-2)13-6-4-7-14(16)11-13/h4,6-7,11,15,17H,3,5,8-10,12H2,1-2H3. The normalized spacial score (nSPS) is 12.6. The van der Waals surface area contributed by atoms with Crippen LogP contribution < -0.4 is 5.32 Å². The lowest BCUT2D eigenvalue weighted by molar-refractivity contribution is 0.0389. The fourth-order valence-electron chi connectivity index (χ4n) is 1.82. The summed E-state index contributed by atoms with van der Waals surface area (Å²) in [5, 5.41) is 4.14. The molecule has 0 heterocycles. The van der Waals surface area contributed by atoms with Gasteiger partial charge in [-0.3, -0.25) is 0 Å². The molecule has 0 spiro atoms. The Balaban J connectivity index is 2.52. The van der Waals surface area contributed by atoms with Crippen molar-refractivity contribution < 1.29 is 9.47 Å². The Hall–Kier alpha value is -0.610. The van der Waals surface area contributed by atoms with Gasteiger partial charge in [0.2, 0.25) is 0 Å². The summed E-state index contributed by atoms with van der Waals surface area (Å²) in [6.45, 7) is 5.38. The Kier molecular flexibility index (Phi) is 8.84. The second-order valence-corrected chi connectivity index (χ2v) is 4.90. The number of hydrogen-bond donors (Lipinski definition) is 1. The van der Waals surface area contributed by atoms with Crippen LogP contribution in [0.1, 0.15) is 31.4 Å². The van der Waals surface area contributed by atoms with Gasteiger partial charge in [0.1, 0.15) is 0 Å². The maximum Gasteiger partial charge on any atom is 0.0949 e. The van der Waals surface area contributed by atoms with Gasteiger partial charge in [0.15, 0.2) is 0 Å². The Morgan fingerprint density at radius 2 is 2.16 bits per heavy atom. The highest BCUT2D eigenvalue weighted by Gasteiger charge is 2.11. The Morgan fingerprint density at radius 3 is 2.84 bits per heavy atom. The van der Waals surface area contributed by atoms with Crippen molar-refractivity contribution in [1.29, 1.82) is 0 Å². The van der Waals surface area contributed by atoms with E-state index in [9.17, 15) is 0 Å². The van der Waals surface area contributed by atoms with Crippen molar-refractivity contribution in [3.05, 3.63) is 34.9 Å². The molecule has 1 N–H and O–H groups in total. The average Bonchev–Trinajstić information content (AvgIpc) is 2.41. The van der Waals surface area contributed by atoms with Crippen LogP contribution in [0.2, 0.25) is 5.02 Å². The second kappa shape index (κ2) is 10.2. The highest BCUT2D eigenvalue weighted by atomic mass is 35.5. The third-order valence-electron chi connectivity index (χ3n) is 2.79. The molecule has 0 bridgehead atoms. The summed E-state index contributed by atoms with van der Waals surface area (Å²) in [5.74, 6) is 0. The van der Waals surface area contributed by atoms with Crippen molar-refractivity contribution in [2.24, 2.45) is 0 Å². The van der Waals surface area contributed by atoms with Crippen molar-refractivity contribution in [3.63, 3.8) is 0 Å². The van der Waals surface area contributed by atoms with Crippen molar-refractivity contribution in [2.45, 2.75) is 25.9 Å². The number of nitrogens with one attached hydrogen (secondary N) is 1. The number of ether oxygens (including phenoxy) is 2. The monoisotopic (exact) mass is 285 g/mol. The minimum absolute atomic E-state index is 0.0436. The molecule has 1 aromatic rings. The average molecular weight is 286 g/mol. The summed E-state index contributed by atoms with van der Waals surface area (Å²) in [6, 6.07) is 7.87. The molecule has 108 valence electrons. The van der Waals surface area contributed by atoms with Crippen LogP contribution >= 0.6 is 11.6 Å². The molecule has 4 heteroatoms. The number of rotatable bonds is 10. The summed E-state index contributed by atoms with van der Waals surface area (Å²) in [4.78, 5) is 0. The van der Waals surface area contributed by atoms with E-state index in [0.29, 0.717) is 6.61 Å².